The molecule has 0 saturated carbocycles. The van der Waals surface area contributed by atoms with Crippen LogP contribution in [0.5, 0.6) is 0 Å². The van der Waals surface area contributed by atoms with Gasteiger partial charge in [0.25, 0.3) is 0 Å². The van der Waals surface area contributed by atoms with Crippen molar-refractivity contribution in [2.24, 2.45) is 0 Å². The number of nitrogen functional groups attached to an aromatic ring is 1. The van der Waals surface area contributed by atoms with Crippen molar-refractivity contribution in [2.75, 3.05) is 24.4 Å². The molecule has 4 rings (SSSR count). The van der Waals surface area contributed by atoms with Crippen molar-refractivity contribution in [2.45, 2.75) is 24.5 Å². The number of aliphatic hydroxyl groups excluding tert-OH is 2. The van der Waals surface area contributed by atoms with Crippen LogP contribution in [0.15, 0.2) is 6.33 Å². The molecule has 1 saturated heterocycles. The van der Waals surface area contributed by atoms with Crippen molar-refractivity contribution in [3.05, 3.63) is 6.33 Å². The first-order valence-corrected chi connectivity index (χ1v) is 6.54. The highest BCUT2D eigenvalue weighted by molar-refractivity contribution is 5.84. The summed E-state index contributed by atoms with van der Waals surface area (Å²) in [6, 6.07) is -0.430. The largest absolute Gasteiger partial charge is 0.394 e. The number of hydrazine groups is 1. The molecule has 2 aromatic heterocycles. The molecular formula is C11H15N7O3. The summed E-state index contributed by atoms with van der Waals surface area (Å²) in [6.07, 6.45) is -0.719. The Hall–Kier alpha value is -2.01. The second kappa shape index (κ2) is 4.24. The van der Waals surface area contributed by atoms with E-state index in [0.29, 0.717) is 17.1 Å². The Morgan fingerprint density at radius 2 is 2.29 bits per heavy atom. The number of rotatable bonds is 1. The number of hydrogen-bond donors (Lipinski definition) is 4. The molecule has 0 aliphatic carbocycles. The Kier molecular flexibility index (Phi) is 2.57. The van der Waals surface area contributed by atoms with Gasteiger partial charge >= 0.3 is 0 Å². The highest BCUT2D eigenvalue weighted by Gasteiger charge is 2.49. The van der Waals surface area contributed by atoms with Crippen LogP contribution in [-0.2, 0) is 4.74 Å². The van der Waals surface area contributed by atoms with Gasteiger partial charge in [-0.25, -0.2) is 20.4 Å². The smallest absolute Gasteiger partial charge is 0.224 e. The standard InChI is InChI=1S/C11H15N7O3/c1-17-11-15-6-8(12)13-3-14-9(6)18(11)10-7(20)5(16-17)4(2-19)21-10/h3-5,7,10,16,19-20H,2H2,1H3,(H2,12,13,14). The second-order valence-electron chi connectivity index (χ2n) is 5.17. The number of anilines is 2. The lowest BCUT2D eigenvalue weighted by molar-refractivity contribution is -0.0492. The van der Waals surface area contributed by atoms with E-state index in [2.05, 4.69) is 20.4 Å². The molecule has 21 heavy (non-hydrogen) atoms. The molecule has 112 valence electrons. The average Bonchev–Trinajstić information content (AvgIpc) is 2.95. The van der Waals surface area contributed by atoms with Crippen LogP contribution in [0.1, 0.15) is 6.23 Å². The minimum atomic E-state index is -0.848. The summed E-state index contributed by atoms with van der Waals surface area (Å²) < 4.78 is 7.41. The lowest BCUT2D eigenvalue weighted by Crippen LogP contribution is -2.51. The van der Waals surface area contributed by atoms with E-state index >= 15 is 0 Å². The number of nitrogens with zero attached hydrogens (tertiary/aromatic N) is 5. The molecule has 0 aromatic carbocycles. The third-order valence-electron chi connectivity index (χ3n) is 3.94. The topological polar surface area (TPSA) is 135 Å². The summed E-state index contributed by atoms with van der Waals surface area (Å²) in [5.41, 5.74) is 9.84. The van der Waals surface area contributed by atoms with Crippen LogP contribution in [0, 0.1) is 0 Å². The van der Waals surface area contributed by atoms with Gasteiger partial charge in [-0.3, -0.25) is 9.58 Å². The maximum absolute atomic E-state index is 10.5. The molecule has 4 atom stereocenters. The number of aliphatic hydroxyl groups is 2. The normalized spacial score (nSPS) is 31.5. The summed E-state index contributed by atoms with van der Waals surface area (Å²) in [7, 11) is 1.77. The van der Waals surface area contributed by atoms with Crippen LogP contribution < -0.4 is 16.2 Å². The molecule has 1 fully saturated rings. The Morgan fingerprint density at radius 1 is 1.48 bits per heavy atom. The summed E-state index contributed by atoms with van der Waals surface area (Å²) in [6.45, 7) is -0.196. The van der Waals surface area contributed by atoms with Gasteiger partial charge in [-0.1, -0.05) is 0 Å². The Balaban J connectivity index is 1.96. The first kappa shape index (κ1) is 12.7. The van der Waals surface area contributed by atoms with Crippen molar-refractivity contribution in [3.8, 4) is 0 Å². The van der Waals surface area contributed by atoms with E-state index in [-0.39, 0.29) is 12.4 Å². The molecular weight excluding hydrogens is 278 g/mol. The molecule has 2 aromatic rings. The maximum atomic E-state index is 10.5. The lowest BCUT2D eigenvalue weighted by Gasteiger charge is -2.27. The van der Waals surface area contributed by atoms with Crippen molar-refractivity contribution in [3.63, 3.8) is 0 Å². The first-order valence-electron chi connectivity index (χ1n) is 6.54. The van der Waals surface area contributed by atoms with Gasteiger partial charge in [0.15, 0.2) is 23.2 Å². The van der Waals surface area contributed by atoms with E-state index in [0.717, 1.165) is 0 Å². The Morgan fingerprint density at radius 3 is 3.05 bits per heavy atom. The fourth-order valence-electron chi connectivity index (χ4n) is 2.94. The third kappa shape index (κ3) is 1.58. The Bertz CT molecular complexity index is 704. The number of aromatic nitrogens is 4. The van der Waals surface area contributed by atoms with E-state index < -0.39 is 24.5 Å². The van der Waals surface area contributed by atoms with Gasteiger partial charge in [-0.2, -0.15) is 0 Å². The minimum Gasteiger partial charge on any atom is -0.394 e. The molecule has 5 N–H and O–H groups in total. The predicted molar refractivity (Wildman–Crippen MR) is 72.1 cm³/mol. The minimum absolute atomic E-state index is 0.196. The number of nitrogens with two attached hydrogens (primary N) is 1. The number of imidazole rings is 1. The highest BCUT2D eigenvalue weighted by atomic mass is 16.5. The molecule has 0 spiro atoms. The summed E-state index contributed by atoms with van der Waals surface area (Å²) in [4.78, 5) is 12.5. The number of hydrogen-bond acceptors (Lipinski definition) is 9. The van der Waals surface area contributed by atoms with Crippen LogP contribution in [0.25, 0.3) is 11.2 Å². The summed E-state index contributed by atoms with van der Waals surface area (Å²) in [5, 5.41) is 21.5. The van der Waals surface area contributed by atoms with Gasteiger partial charge in [0.05, 0.1) is 12.6 Å². The van der Waals surface area contributed by atoms with Crippen molar-refractivity contribution >= 4 is 22.9 Å². The fraction of sp³-hybridized carbons (Fsp3) is 0.545. The van der Waals surface area contributed by atoms with Crippen LogP contribution in [0.3, 0.4) is 0 Å². The number of ether oxygens (including phenoxy) is 1. The average molecular weight is 293 g/mol. The molecule has 2 aliphatic rings. The molecule has 4 unspecified atom stereocenters. The van der Waals surface area contributed by atoms with Gasteiger partial charge in [0, 0.05) is 7.05 Å². The van der Waals surface area contributed by atoms with Gasteiger partial charge in [0.2, 0.25) is 5.95 Å². The zero-order valence-electron chi connectivity index (χ0n) is 11.2. The van der Waals surface area contributed by atoms with Crippen molar-refractivity contribution < 1.29 is 14.9 Å². The lowest BCUT2D eigenvalue weighted by atomic mass is 10.1. The van der Waals surface area contributed by atoms with Crippen LogP contribution in [0.2, 0.25) is 0 Å². The first-order chi connectivity index (χ1) is 10.1. The van der Waals surface area contributed by atoms with Gasteiger partial charge < -0.3 is 20.7 Å². The van der Waals surface area contributed by atoms with Crippen molar-refractivity contribution in [1.29, 1.82) is 0 Å². The molecule has 10 nitrogen and oxygen atoms in total. The van der Waals surface area contributed by atoms with E-state index in [1.165, 1.54) is 6.33 Å². The maximum Gasteiger partial charge on any atom is 0.224 e. The molecule has 10 heteroatoms. The van der Waals surface area contributed by atoms with E-state index in [4.69, 9.17) is 10.5 Å². The molecule has 2 aliphatic heterocycles. The molecule has 4 heterocycles. The highest BCUT2D eigenvalue weighted by Crippen LogP contribution is 2.38. The zero-order valence-corrected chi connectivity index (χ0v) is 11.2. The Labute approximate surface area is 119 Å². The monoisotopic (exact) mass is 293 g/mol. The van der Waals surface area contributed by atoms with E-state index in [9.17, 15) is 10.2 Å². The number of nitrogens with one attached hydrogen (secondary N) is 1. The fourth-order valence-corrected chi connectivity index (χ4v) is 2.94. The van der Waals surface area contributed by atoms with E-state index in [1.807, 2.05) is 0 Å². The van der Waals surface area contributed by atoms with E-state index in [1.54, 1.807) is 16.6 Å². The quantitative estimate of drug-likeness (QED) is 0.470. The molecule has 0 radical (unpaired) electrons. The van der Waals surface area contributed by atoms with Gasteiger partial charge in [-0.15, -0.1) is 0 Å². The van der Waals surface area contributed by atoms with Crippen LogP contribution in [-0.4, -0.2) is 61.6 Å². The third-order valence-corrected chi connectivity index (χ3v) is 3.94. The van der Waals surface area contributed by atoms with Crippen LogP contribution >= 0.6 is 0 Å². The van der Waals surface area contributed by atoms with Crippen molar-refractivity contribution in [1.82, 2.24) is 24.9 Å². The SMILES string of the molecule is CN1NC2C(CO)OC(C2O)n2c1nc1c(N)ncnc12. The van der Waals surface area contributed by atoms with Gasteiger partial charge in [0.1, 0.15) is 18.5 Å². The van der Waals surface area contributed by atoms with Crippen LogP contribution in [0.4, 0.5) is 11.8 Å². The molecule has 0 amide bonds. The van der Waals surface area contributed by atoms with Gasteiger partial charge in [-0.05, 0) is 0 Å². The summed E-state index contributed by atoms with van der Waals surface area (Å²) >= 11 is 0. The number of fused-ring (bicyclic) bond motifs is 6. The summed E-state index contributed by atoms with van der Waals surface area (Å²) in [5.74, 6) is 0.775. The predicted octanol–water partition coefficient (Wildman–Crippen LogP) is -2.02. The second-order valence-corrected chi connectivity index (χ2v) is 5.17. The molecule has 2 bridgehead atoms. The zero-order chi connectivity index (χ0) is 14.7.